The number of likely N-dealkylation sites (N-methyl/N-ethyl adjacent to an activating group) is 1. The van der Waals surface area contributed by atoms with E-state index in [1.807, 2.05) is 13.8 Å². The van der Waals surface area contributed by atoms with Gasteiger partial charge in [0.25, 0.3) is 12.4 Å². The molecule has 1 saturated heterocycles. The van der Waals surface area contributed by atoms with Crippen LogP contribution in [0.3, 0.4) is 0 Å². The summed E-state index contributed by atoms with van der Waals surface area (Å²) >= 11 is 2.46. The minimum absolute atomic E-state index is 0.0208. The lowest BCUT2D eigenvalue weighted by Crippen LogP contribution is -2.45. The second-order valence-electron chi connectivity index (χ2n) is 11.9. The predicted molar refractivity (Wildman–Crippen MR) is 200 cm³/mol. The molecule has 1 aliphatic heterocycles. The van der Waals surface area contributed by atoms with Crippen molar-refractivity contribution in [1.82, 2.24) is 20.4 Å². The second-order valence-corrected chi connectivity index (χ2v) is 15.6. The van der Waals surface area contributed by atoms with Gasteiger partial charge in [-0.2, -0.15) is 8.78 Å². The number of carbonyl (C=O) groups excluding carboxylic acids is 5. The summed E-state index contributed by atoms with van der Waals surface area (Å²) in [5, 5.41) is 5.99. The molecule has 1 aromatic heterocycles. The molecule has 51 heavy (non-hydrogen) atoms. The van der Waals surface area contributed by atoms with Crippen LogP contribution in [0.4, 0.5) is 8.78 Å². The quantitative estimate of drug-likeness (QED) is 0.125. The van der Waals surface area contributed by atoms with Gasteiger partial charge in [0.05, 0.1) is 24.6 Å². The molecule has 3 N–H and O–H groups in total. The Kier molecular flexibility index (Phi) is 22.4. The molecular formula is C34H53F2N4O8PS2. The Morgan fingerprint density at radius 2 is 1.92 bits per heavy atom. The lowest BCUT2D eigenvalue weighted by molar-refractivity contribution is -0.126. The number of nitrogens with zero attached hydrogens (tertiary/aromatic N) is 2. The van der Waals surface area contributed by atoms with Crippen LogP contribution in [0.1, 0.15) is 75.5 Å². The summed E-state index contributed by atoms with van der Waals surface area (Å²) in [6.45, 7) is 11.6. The number of halogens is 2. The number of methoxy groups -OCH3 is 1. The van der Waals surface area contributed by atoms with Crippen molar-refractivity contribution in [2.45, 2.75) is 90.1 Å². The molecule has 0 radical (unpaired) electrons. The van der Waals surface area contributed by atoms with Gasteiger partial charge < -0.3 is 39.4 Å². The highest BCUT2D eigenvalue weighted by atomic mass is 32.2. The maximum atomic E-state index is 14.5. The Hall–Kier alpha value is -2.59. The number of thioether (sulfide) groups is 1. The Bertz CT molecular complexity index is 1370. The smallest absolute Gasteiger partial charge is 0.339 e. The first-order chi connectivity index (χ1) is 24.2. The van der Waals surface area contributed by atoms with Crippen molar-refractivity contribution in [1.29, 1.82) is 0 Å². The van der Waals surface area contributed by atoms with Gasteiger partial charge in [0.2, 0.25) is 14.8 Å². The van der Waals surface area contributed by atoms with Gasteiger partial charge in [-0.3, -0.25) is 19.2 Å². The number of hydrogen-bond acceptors (Lipinski definition) is 12. The van der Waals surface area contributed by atoms with E-state index in [-0.39, 0.29) is 23.3 Å². The molecule has 1 aromatic carbocycles. The molecule has 0 aliphatic carbocycles. The fourth-order valence-electron chi connectivity index (χ4n) is 5.13. The van der Waals surface area contributed by atoms with Gasteiger partial charge >= 0.3 is 5.66 Å². The van der Waals surface area contributed by atoms with Crippen molar-refractivity contribution in [3.05, 3.63) is 34.7 Å². The molecular weight excluding hydrogens is 725 g/mol. The molecule has 0 saturated carbocycles. The van der Waals surface area contributed by atoms with E-state index in [0.29, 0.717) is 46.5 Å². The maximum Gasteiger partial charge on any atom is 0.339 e. The molecule has 5 atom stereocenters. The van der Waals surface area contributed by atoms with Gasteiger partial charge in [-0.25, -0.2) is 0 Å². The van der Waals surface area contributed by atoms with Crippen LogP contribution in [-0.2, 0) is 34.1 Å². The number of rotatable bonds is 19. The van der Waals surface area contributed by atoms with Crippen molar-refractivity contribution in [3.8, 4) is 0 Å². The van der Waals surface area contributed by atoms with Crippen LogP contribution in [-0.4, -0.2) is 115 Å². The summed E-state index contributed by atoms with van der Waals surface area (Å²) in [5.41, 5.74) is -3.89. The zero-order valence-electron chi connectivity index (χ0n) is 30.4. The predicted octanol–water partition coefficient (Wildman–Crippen LogP) is 5.36. The monoisotopic (exact) mass is 778 g/mol. The Morgan fingerprint density at radius 3 is 2.45 bits per heavy atom. The third-order valence-electron chi connectivity index (χ3n) is 8.23. The van der Waals surface area contributed by atoms with E-state index < -0.39 is 26.0 Å². The summed E-state index contributed by atoms with van der Waals surface area (Å²) in [4.78, 5) is 68.6. The Balaban J connectivity index is 0.000000726. The fraction of sp³-hybridized carbons (Fsp3) is 0.618. The summed E-state index contributed by atoms with van der Waals surface area (Å²) in [6, 6.07) is 6.16. The molecule has 0 bridgehead atoms. The molecule has 12 nitrogen and oxygen atoms in total. The number of alkyl halides is 2. The van der Waals surface area contributed by atoms with Crippen LogP contribution >= 0.6 is 31.5 Å². The molecule has 2 heterocycles. The van der Waals surface area contributed by atoms with Gasteiger partial charge in [-0.05, 0) is 90.2 Å². The normalized spacial score (nSPS) is 17.6. The average Bonchev–Trinajstić information content (AvgIpc) is 3.68. The van der Waals surface area contributed by atoms with Gasteiger partial charge in [0, 0.05) is 47.6 Å². The number of ether oxygens (including phenoxy) is 1. The number of benzene rings is 1. The SMILES string of the molecule is CC(=O)SCCC(C)NC=O.CCOP(O)C(F)(F)c1ccc2sc(C(=O)NC(C=O)CN(CC)CCC3CCC(C)N3C)cc2c1.COC=O. The first-order valence-electron chi connectivity index (χ1n) is 16.7. The van der Waals surface area contributed by atoms with Crippen molar-refractivity contribution in [2.24, 2.45) is 0 Å². The standard InChI is InChI=1S/C25H36F2N3O4PS.C7H13NO2S.C2H4O2/c1-5-30(12-11-21-9-7-17(3)29(21)4)15-20(16-31)28-24(32)23-14-18-13-19(8-10-22(18)36-23)25(26,27)35(33)34-6-2;1-6(8-5-9)3-4-11-7(2)10;1-4-2-3/h8,10,13-14,16-17,20-21,33H,5-7,9,11-12,15H2,1-4H3,(H,28,32);5-6H,3-4H2,1-2H3,(H,8,9);2H,1H3. The second kappa shape index (κ2) is 24.6. The van der Waals surface area contributed by atoms with Crippen molar-refractivity contribution in [3.63, 3.8) is 0 Å². The van der Waals surface area contributed by atoms with E-state index >= 15 is 0 Å². The first kappa shape index (κ1) is 46.4. The van der Waals surface area contributed by atoms with Gasteiger partial charge in [0.1, 0.15) is 6.29 Å². The van der Waals surface area contributed by atoms with Gasteiger partial charge in [-0.15, -0.1) is 11.3 Å². The molecule has 2 amide bonds. The summed E-state index contributed by atoms with van der Waals surface area (Å²) in [6.07, 6.45) is 5.65. The van der Waals surface area contributed by atoms with Crippen molar-refractivity contribution in [2.75, 3.05) is 46.2 Å². The average molecular weight is 779 g/mol. The fourth-order valence-corrected chi connectivity index (χ4v) is 7.61. The Morgan fingerprint density at radius 1 is 1.24 bits per heavy atom. The minimum atomic E-state index is -3.53. The van der Waals surface area contributed by atoms with Crippen LogP contribution in [0.5, 0.6) is 0 Å². The summed E-state index contributed by atoms with van der Waals surface area (Å²) in [5.74, 6) is 0.359. The number of amides is 2. The van der Waals surface area contributed by atoms with Crippen LogP contribution in [0.15, 0.2) is 24.3 Å². The van der Waals surface area contributed by atoms with E-state index in [0.717, 1.165) is 38.0 Å². The van der Waals surface area contributed by atoms with E-state index in [2.05, 4.69) is 39.1 Å². The number of hydrogen-bond donors (Lipinski definition) is 3. The number of carbonyl (C=O) groups is 5. The van der Waals surface area contributed by atoms with E-state index in [4.69, 9.17) is 9.32 Å². The maximum absolute atomic E-state index is 14.5. The van der Waals surface area contributed by atoms with Crippen LogP contribution in [0.2, 0.25) is 0 Å². The lowest BCUT2D eigenvalue weighted by atomic mass is 10.1. The molecule has 288 valence electrons. The minimum Gasteiger partial charge on any atom is -0.471 e. The highest BCUT2D eigenvalue weighted by Crippen LogP contribution is 2.56. The van der Waals surface area contributed by atoms with Crippen LogP contribution in [0, 0.1) is 0 Å². The topological polar surface area (TPSA) is 155 Å². The molecule has 2 aromatic rings. The summed E-state index contributed by atoms with van der Waals surface area (Å²) in [7, 11) is 0.517. The molecule has 17 heteroatoms. The van der Waals surface area contributed by atoms with Crippen LogP contribution < -0.4 is 10.6 Å². The molecule has 0 spiro atoms. The first-order valence-corrected chi connectivity index (χ1v) is 19.7. The number of aldehydes is 1. The third kappa shape index (κ3) is 16.3. The number of fused-ring (bicyclic) bond motifs is 1. The van der Waals surface area contributed by atoms with E-state index in [1.165, 1.54) is 74.2 Å². The summed E-state index contributed by atoms with van der Waals surface area (Å²) < 4.78 is 38.3. The van der Waals surface area contributed by atoms with Crippen molar-refractivity contribution >= 4 is 71.8 Å². The van der Waals surface area contributed by atoms with Gasteiger partial charge in [0.15, 0.2) is 5.12 Å². The molecule has 3 rings (SSSR count). The molecule has 5 unspecified atom stereocenters. The molecule has 1 aliphatic rings. The Labute approximate surface area is 309 Å². The third-order valence-corrected chi connectivity index (χ3v) is 11.4. The number of nitrogens with one attached hydrogen (secondary N) is 2. The lowest BCUT2D eigenvalue weighted by Gasteiger charge is -2.28. The largest absolute Gasteiger partial charge is 0.471 e. The van der Waals surface area contributed by atoms with E-state index in [9.17, 15) is 32.9 Å². The van der Waals surface area contributed by atoms with Crippen molar-refractivity contribution < 1.29 is 46.9 Å². The van der Waals surface area contributed by atoms with Crippen LogP contribution in [0.25, 0.3) is 10.1 Å². The van der Waals surface area contributed by atoms with E-state index in [1.54, 1.807) is 6.92 Å². The zero-order valence-corrected chi connectivity index (χ0v) is 33.0. The highest BCUT2D eigenvalue weighted by molar-refractivity contribution is 8.13. The number of thiophene rings is 1. The van der Waals surface area contributed by atoms with Gasteiger partial charge in [-0.1, -0.05) is 24.8 Å². The highest BCUT2D eigenvalue weighted by Gasteiger charge is 2.43. The number of likely N-dealkylation sites (tertiary alicyclic amines) is 1. The molecule has 1 fully saturated rings. The zero-order chi connectivity index (χ0) is 38.6.